The van der Waals surface area contributed by atoms with Gasteiger partial charge in [-0.25, -0.2) is 19.0 Å². The van der Waals surface area contributed by atoms with Crippen LogP contribution in [0.15, 0.2) is 35.4 Å². The van der Waals surface area contributed by atoms with Crippen LogP contribution in [-0.2, 0) is 12.6 Å². The minimum Gasteiger partial charge on any atom is -0.382 e. The van der Waals surface area contributed by atoms with E-state index in [0.717, 1.165) is 17.3 Å². The van der Waals surface area contributed by atoms with E-state index in [1.807, 2.05) is 20.8 Å². The Morgan fingerprint density at radius 3 is 2.48 bits per heavy atom. The van der Waals surface area contributed by atoms with Gasteiger partial charge >= 0.3 is 0 Å². The smallest absolute Gasteiger partial charge is 0.263 e. The molecule has 0 aromatic carbocycles. The van der Waals surface area contributed by atoms with E-state index in [-0.39, 0.29) is 22.5 Å². The van der Waals surface area contributed by atoms with Gasteiger partial charge in [-0.3, -0.25) is 9.20 Å². The van der Waals surface area contributed by atoms with Crippen LogP contribution in [0.3, 0.4) is 0 Å². The van der Waals surface area contributed by atoms with Crippen molar-refractivity contribution >= 4 is 17.1 Å². The summed E-state index contributed by atoms with van der Waals surface area (Å²) in [6.07, 6.45) is 2.74. The third-order valence-corrected chi connectivity index (χ3v) is 5.93. The summed E-state index contributed by atoms with van der Waals surface area (Å²) in [7, 11) is 1.64. The average molecular weight is 470 g/mol. The zero-order valence-corrected chi connectivity index (χ0v) is 20.1. The molecule has 0 saturated carbocycles. The van der Waals surface area contributed by atoms with Crippen LogP contribution in [0.2, 0.25) is 5.15 Å². The van der Waals surface area contributed by atoms with Crippen molar-refractivity contribution in [1.82, 2.24) is 24.1 Å². The number of nitrogens with zero attached hydrogens (tertiary/aromatic N) is 5. The second-order valence-corrected chi connectivity index (χ2v) is 9.36. The maximum atomic E-state index is 15.3. The Morgan fingerprint density at radius 2 is 1.91 bits per heavy atom. The summed E-state index contributed by atoms with van der Waals surface area (Å²) in [5, 5.41) is 14.8. The second-order valence-electron chi connectivity index (χ2n) is 9.00. The minimum absolute atomic E-state index is 0.0250. The molecule has 33 heavy (non-hydrogen) atoms. The molecule has 0 aliphatic carbocycles. The Bertz CT molecular complexity index is 1430. The Balaban J connectivity index is 2.03. The number of fused-ring (bicyclic) bond motifs is 1. The summed E-state index contributed by atoms with van der Waals surface area (Å²) in [6, 6.07) is 5.16. The molecule has 172 valence electrons. The van der Waals surface area contributed by atoms with Crippen LogP contribution in [0, 0.1) is 12.7 Å². The lowest BCUT2D eigenvalue weighted by Gasteiger charge is -2.16. The highest BCUT2D eigenvalue weighted by Gasteiger charge is 2.26. The van der Waals surface area contributed by atoms with Crippen LogP contribution in [0.25, 0.3) is 28.0 Å². The second kappa shape index (κ2) is 8.04. The van der Waals surface area contributed by atoms with Crippen LogP contribution < -0.4 is 5.56 Å². The minimum atomic E-state index is -1.25. The Hall–Kier alpha value is -3.10. The molecule has 4 heterocycles. The SMILES string of the molecule is Cc1ccnc(Cl)c1-c1cc(C(C)C)c2cc(-c3nc(C(C)(C)O)n(C)n3)c(F)cn2c1=O. The molecular formula is C24H25ClFN5O2. The molecule has 0 amide bonds. The van der Waals surface area contributed by atoms with Crippen LogP contribution >= 0.6 is 11.6 Å². The van der Waals surface area contributed by atoms with Gasteiger partial charge in [0.2, 0.25) is 0 Å². The fourth-order valence-electron chi connectivity index (χ4n) is 4.03. The molecule has 0 aliphatic rings. The van der Waals surface area contributed by atoms with Crippen LogP contribution in [-0.4, -0.2) is 29.3 Å². The number of halogens is 2. The summed E-state index contributed by atoms with van der Waals surface area (Å²) < 4.78 is 18.0. The first-order chi connectivity index (χ1) is 15.4. The van der Waals surface area contributed by atoms with E-state index in [0.29, 0.717) is 22.5 Å². The number of hydrogen-bond donors (Lipinski definition) is 1. The average Bonchev–Trinajstić information content (AvgIpc) is 3.11. The zero-order chi connectivity index (χ0) is 24.2. The van der Waals surface area contributed by atoms with E-state index < -0.39 is 17.0 Å². The van der Waals surface area contributed by atoms with Crippen LogP contribution in [0.4, 0.5) is 4.39 Å². The van der Waals surface area contributed by atoms with Crippen LogP contribution in [0.1, 0.15) is 50.6 Å². The summed E-state index contributed by atoms with van der Waals surface area (Å²) in [5.41, 5.74) is 1.58. The van der Waals surface area contributed by atoms with Gasteiger partial charge < -0.3 is 5.11 Å². The molecule has 0 radical (unpaired) electrons. The third-order valence-electron chi connectivity index (χ3n) is 5.64. The van der Waals surface area contributed by atoms with Crippen molar-refractivity contribution in [3.8, 4) is 22.5 Å². The van der Waals surface area contributed by atoms with E-state index in [4.69, 9.17) is 11.6 Å². The molecule has 0 atom stereocenters. The molecular weight excluding hydrogens is 445 g/mol. The first kappa shape index (κ1) is 23.1. The Kier molecular flexibility index (Phi) is 5.62. The van der Waals surface area contributed by atoms with Gasteiger partial charge in [0.25, 0.3) is 5.56 Å². The number of aryl methyl sites for hydroxylation is 2. The highest BCUT2D eigenvalue weighted by molar-refractivity contribution is 6.32. The van der Waals surface area contributed by atoms with Gasteiger partial charge in [0.15, 0.2) is 17.5 Å². The molecule has 4 aromatic rings. The van der Waals surface area contributed by atoms with E-state index in [1.165, 1.54) is 9.08 Å². The summed E-state index contributed by atoms with van der Waals surface area (Å²) in [6.45, 7) is 9.01. The van der Waals surface area contributed by atoms with Crippen molar-refractivity contribution in [1.29, 1.82) is 0 Å². The monoisotopic (exact) mass is 469 g/mol. The molecule has 4 rings (SSSR count). The van der Waals surface area contributed by atoms with E-state index in [2.05, 4.69) is 15.1 Å². The number of hydrogen-bond acceptors (Lipinski definition) is 5. The van der Waals surface area contributed by atoms with Gasteiger partial charge in [0, 0.05) is 25.0 Å². The predicted molar refractivity (Wildman–Crippen MR) is 126 cm³/mol. The highest BCUT2D eigenvalue weighted by Crippen LogP contribution is 2.33. The molecule has 0 saturated heterocycles. The van der Waals surface area contributed by atoms with Crippen molar-refractivity contribution in [2.45, 2.75) is 46.1 Å². The third kappa shape index (κ3) is 3.94. The topological polar surface area (TPSA) is 85.3 Å². The first-order valence-corrected chi connectivity index (χ1v) is 10.9. The fraction of sp³-hybridized carbons (Fsp3) is 0.333. The van der Waals surface area contributed by atoms with E-state index in [1.54, 1.807) is 45.3 Å². The molecule has 0 aliphatic heterocycles. The number of aliphatic hydroxyl groups is 1. The lowest BCUT2D eigenvalue weighted by molar-refractivity contribution is 0.0648. The van der Waals surface area contributed by atoms with Crippen molar-refractivity contribution in [2.75, 3.05) is 0 Å². The quantitative estimate of drug-likeness (QED) is 0.441. The Morgan fingerprint density at radius 1 is 1.21 bits per heavy atom. The molecule has 9 heteroatoms. The van der Waals surface area contributed by atoms with Crippen molar-refractivity contribution in [3.63, 3.8) is 0 Å². The fourth-order valence-corrected chi connectivity index (χ4v) is 4.34. The van der Waals surface area contributed by atoms with E-state index >= 15 is 4.39 Å². The van der Waals surface area contributed by atoms with Gasteiger partial charge in [-0.1, -0.05) is 25.4 Å². The van der Waals surface area contributed by atoms with Crippen molar-refractivity contribution < 1.29 is 9.50 Å². The molecule has 7 nitrogen and oxygen atoms in total. The van der Waals surface area contributed by atoms with E-state index in [9.17, 15) is 9.90 Å². The standard InChI is InChI=1S/C24H25ClFN5O2/c1-12(2)14-9-16(19-13(3)7-8-27-20(19)25)22(32)31-11-17(26)15(10-18(14)31)21-28-23(24(4,5)33)30(6)29-21/h7-12,33H,1-6H3. The molecule has 0 bridgehead atoms. The van der Waals surface area contributed by atoms with Gasteiger partial charge in [0.1, 0.15) is 10.8 Å². The van der Waals surface area contributed by atoms with Gasteiger partial charge in [0.05, 0.1) is 16.6 Å². The molecule has 0 unspecified atom stereocenters. The predicted octanol–water partition coefficient (Wildman–Crippen LogP) is 4.61. The lowest BCUT2D eigenvalue weighted by Crippen LogP contribution is -2.21. The Labute approximate surface area is 195 Å². The first-order valence-electron chi connectivity index (χ1n) is 10.5. The van der Waals surface area contributed by atoms with Crippen molar-refractivity contribution in [2.24, 2.45) is 7.05 Å². The zero-order valence-electron chi connectivity index (χ0n) is 19.3. The molecule has 4 aromatic heterocycles. The highest BCUT2D eigenvalue weighted by atomic mass is 35.5. The molecule has 0 fully saturated rings. The molecule has 0 spiro atoms. The normalized spacial score (nSPS) is 12.2. The number of rotatable bonds is 4. The van der Waals surface area contributed by atoms with Crippen LogP contribution in [0.5, 0.6) is 0 Å². The van der Waals surface area contributed by atoms with Gasteiger partial charge in [-0.15, -0.1) is 0 Å². The largest absolute Gasteiger partial charge is 0.382 e. The van der Waals surface area contributed by atoms with Gasteiger partial charge in [-0.2, -0.15) is 5.10 Å². The summed E-state index contributed by atoms with van der Waals surface area (Å²) in [4.78, 5) is 21.9. The molecule has 1 N–H and O–H groups in total. The number of aromatic nitrogens is 5. The lowest BCUT2D eigenvalue weighted by atomic mass is 9.96. The van der Waals surface area contributed by atoms with Crippen molar-refractivity contribution in [3.05, 3.63) is 68.9 Å². The maximum absolute atomic E-state index is 15.3. The van der Waals surface area contributed by atoms with Gasteiger partial charge in [-0.05, 0) is 56.0 Å². The summed E-state index contributed by atoms with van der Waals surface area (Å²) in [5.74, 6) is -0.197. The summed E-state index contributed by atoms with van der Waals surface area (Å²) >= 11 is 6.34. The maximum Gasteiger partial charge on any atom is 0.263 e. The number of pyridine rings is 3.